The third kappa shape index (κ3) is 1.74. The fourth-order valence-corrected chi connectivity index (χ4v) is 0.796. The highest BCUT2D eigenvalue weighted by atomic mass is 16.3. The summed E-state index contributed by atoms with van der Waals surface area (Å²) in [6.45, 7) is 1.80. The van der Waals surface area contributed by atoms with Crippen LogP contribution in [-0.4, -0.2) is 0 Å². The second-order valence-corrected chi connectivity index (χ2v) is 2.27. The Morgan fingerprint density at radius 3 is 2.58 bits per heavy atom. The van der Waals surface area contributed by atoms with E-state index in [4.69, 9.17) is 14.9 Å². The molecule has 0 N–H and O–H groups in total. The molecule has 3 nitrogen and oxygen atoms in total. The lowest BCUT2D eigenvalue weighted by atomic mass is 10.2. The van der Waals surface area contributed by atoms with Crippen LogP contribution < -0.4 is 0 Å². The first-order valence-electron chi connectivity index (χ1n) is 3.33. The first kappa shape index (κ1) is 8.10. The monoisotopic (exact) mass is 158 g/mol. The first-order chi connectivity index (χ1) is 5.76. The Morgan fingerprint density at radius 1 is 1.50 bits per heavy atom. The molecule has 0 aromatic carbocycles. The molecule has 0 atom stereocenters. The van der Waals surface area contributed by atoms with Crippen LogP contribution in [0.5, 0.6) is 0 Å². The molecule has 3 heteroatoms. The molecule has 1 rings (SSSR count). The molecule has 0 amide bonds. The average Bonchev–Trinajstić information content (AvgIpc) is 2.47. The van der Waals surface area contributed by atoms with Crippen molar-refractivity contribution in [1.29, 1.82) is 10.5 Å². The van der Waals surface area contributed by atoms with Crippen LogP contribution in [0.3, 0.4) is 0 Å². The van der Waals surface area contributed by atoms with Gasteiger partial charge in [0.15, 0.2) is 0 Å². The van der Waals surface area contributed by atoms with Gasteiger partial charge in [0.2, 0.25) is 0 Å². The standard InChI is InChI=1S/C9H6N2O/c1-7-2-8(6-12-7)3-9(4-10)5-11/h2-3,6H,1H3. The van der Waals surface area contributed by atoms with Gasteiger partial charge in [-0.1, -0.05) is 0 Å². The van der Waals surface area contributed by atoms with E-state index in [0.29, 0.717) is 0 Å². The molecule has 1 aromatic heterocycles. The van der Waals surface area contributed by atoms with Crippen molar-refractivity contribution in [2.45, 2.75) is 6.92 Å². The number of rotatable bonds is 1. The quantitative estimate of drug-likeness (QED) is 0.587. The third-order valence-corrected chi connectivity index (χ3v) is 1.30. The highest BCUT2D eigenvalue weighted by Crippen LogP contribution is 2.09. The van der Waals surface area contributed by atoms with E-state index in [9.17, 15) is 0 Å². The number of nitrogens with zero attached hydrogens (tertiary/aromatic N) is 2. The minimum Gasteiger partial charge on any atom is -0.469 e. The smallest absolute Gasteiger partial charge is 0.130 e. The van der Waals surface area contributed by atoms with Crippen LogP contribution in [0.2, 0.25) is 0 Å². The molecule has 0 saturated heterocycles. The summed E-state index contributed by atoms with van der Waals surface area (Å²) < 4.78 is 4.99. The molecule has 1 aromatic rings. The van der Waals surface area contributed by atoms with Gasteiger partial charge >= 0.3 is 0 Å². The van der Waals surface area contributed by atoms with E-state index < -0.39 is 0 Å². The average molecular weight is 158 g/mol. The second-order valence-electron chi connectivity index (χ2n) is 2.27. The molecular formula is C9H6N2O. The molecular weight excluding hydrogens is 152 g/mol. The van der Waals surface area contributed by atoms with Crippen LogP contribution in [0.4, 0.5) is 0 Å². The zero-order chi connectivity index (χ0) is 8.97. The Labute approximate surface area is 70.1 Å². The molecule has 0 saturated carbocycles. The second kappa shape index (κ2) is 3.41. The molecule has 0 unspecified atom stereocenters. The number of allylic oxidation sites excluding steroid dienone is 1. The lowest BCUT2D eigenvalue weighted by Gasteiger charge is -1.79. The van der Waals surface area contributed by atoms with E-state index in [-0.39, 0.29) is 5.57 Å². The van der Waals surface area contributed by atoms with Gasteiger partial charge in [-0.05, 0) is 19.1 Å². The normalized spacial score (nSPS) is 8.25. The topological polar surface area (TPSA) is 60.7 Å². The van der Waals surface area contributed by atoms with E-state index in [1.807, 2.05) is 0 Å². The van der Waals surface area contributed by atoms with Crippen molar-refractivity contribution in [2.24, 2.45) is 0 Å². The van der Waals surface area contributed by atoms with Crippen LogP contribution in [0, 0.1) is 29.6 Å². The summed E-state index contributed by atoms with van der Waals surface area (Å²) in [5.41, 5.74) is 0.821. The summed E-state index contributed by atoms with van der Waals surface area (Å²) >= 11 is 0. The number of hydrogen-bond acceptors (Lipinski definition) is 3. The maximum Gasteiger partial charge on any atom is 0.130 e. The minimum atomic E-state index is 0.0794. The molecule has 0 fully saturated rings. The van der Waals surface area contributed by atoms with Crippen molar-refractivity contribution in [2.75, 3.05) is 0 Å². The highest BCUT2D eigenvalue weighted by Gasteiger charge is 1.96. The van der Waals surface area contributed by atoms with Gasteiger partial charge in [0.25, 0.3) is 0 Å². The van der Waals surface area contributed by atoms with Crippen molar-refractivity contribution < 1.29 is 4.42 Å². The summed E-state index contributed by atoms with van der Waals surface area (Å²) in [6, 6.07) is 5.29. The zero-order valence-electron chi connectivity index (χ0n) is 6.53. The Kier molecular flexibility index (Phi) is 2.30. The number of furan rings is 1. The SMILES string of the molecule is Cc1cc(C=C(C#N)C#N)co1. The Morgan fingerprint density at radius 2 is 2.17 bits per heavy atom. The maximum absolute atomic E-state index is 8.42. The van der Waals surface area contributed by atoms with Crippen LogP contribution >= 0.6 is 0 Å². The zero-order valence-corrected chi connectivity index (χ0v) is 6.53. The molecule has 0 spiro atoms. The summed E-state index contributed by atoms with van der Waals surface area (Å²) in [6.07, 6.45) is 2.99. The van der Waals surface area contributed by atoms with Gasteiger partial charge in [-0.15, -0.1) is 0 Å². The van der Waals surface area contributed by atoms with E-state index >= 15 is 0 Å². The van der Waals surface area contributed by atoms with Gasteiger partial charge in [-0.3, -0.25) is 0 Å². The summed E-state index contributed by atoms with van der Waals surface area (Å²) in [5.74, 6) is 0.761. The summed E-state index contributed by atoms with van der Waals surface area (Å²) in [7, 11) is 0. The lowest BCUT2D eigenvalue weighted by Crippen LogP contribution is -1.70. The van der Waals surface area contributed by atoms with Gasteiger partial charge in [0.05, 0.1) is 6.26 Å². The molecule has 1 heterocycles. The van der Waals surface area contributed by atoms with Crippen molar-refractivity contribution in [1.82, 2.24) is 0 Å². The largest absolute Gasteiger partial charge is 0.469 e. The Hall–Kier alpha value is -2.00. The third-order valence-electron chi connectivity index (χ3n) is 1.30. The molecule has 0 bridgehead atoms. The van der Waals surface area contributed by atoms with E-state index in [0.717, 1.165) is 11.3 Å². The Balaban J connectivity index is 2.97. The van der Waals surface area contributed by atoms with Gasteiger partial charge in [0.1, 0.15) is 23.5 Å². The predicted octanol–water partition coefficient (Wildman–Crippen LogP) is 2.02. The van der Waals surface area contributed by atoms with Gasteiger partial charge < -0.3 is 4.42 Å². The fraction of sp³-hybridized carbons (Fsp3) is 0.111. The molecule has 12 heavy (non-hydrogen) atoms. The molecule has 0 aliphatic rings. The van der Waals surface area contributed by atoms with Crippen molar-refractivity contribution >= 4 is 6.08 Å². The van der Waals surface area contributed by atoms with Gasteiger partial charge in [-0.25, -0.2) is 0 Å². The number of aryl methyl sites for hydroxylation is 1. The molecule has 0 radical (unpaired) electrons. The first-order valence-corrected chi connectivity index (χ1v) is 3.33. The minimum absolute atomic E-state index is 0.0794. The summed E-state index contributed by atoms with van der Waals surface area (Å²) in [5, 5.41) is 16.8. The van der Waals surface area contributed by atoms with Gasteiger partial charge in [-0.2, -0.15) is 10.5 Å². The predicted molar refractivity (Wildman–Crippen MR) is 42.6 cm³/mol. The molecule has 0 aliphatic heterocycles. The fourth-order valence-electron chi connectivity index (χ4n) is 0.796. The molecule has 0 aliphatic carbocycles. The number of hydrogen-bond donors (Lipinski definition) is 0. The van der Waals surface area contributed by atoms with Crippen molar-refractivity contribution in [3.63, 3.8) is 0 Å². The van der Waals surface area contributed by atoms with E-state index in [2.05, 4.69) is 0 Å². The van der Waals surface area contributed by atoms with Crippen molar-refractivity contribution in [3.05, 3.63) is 29.2 Å². The van der Waals surface area contributed by atoms with Crippen LogP contribution in [0.1, 0.15) is 11.3 Å². The Bertz CT molecular complexity index is 371. The maximum atomic E-state index is 8.42. The molecule has 58 valence electrons. The van der Waals surface area contributed by atoms with E-state index in [1.165, 1.54) is 12.3 Å². The van der Waals surface area contributed by atoms with Crippen LogP contribution in [0.25, 0.3) is 6.08 Å². The van der Waals surface area contributed by atoms with Crippen LogP contribution in [0.15, 0.2) is 22.3 Å². The van der Waals surface area contributed by atoms with Crippen LogP contribution in [-0.2, 0) is 0 Å². The highest BCUT2D eigenvalue weighted by molar-refractivity contribution is 5.61. The van der Waals surface area contributed by atoms with Crippen molar-refractivity contribution in [3.8, 4) is 12.1 Å². The number of nitriles is 2. The van der Waals surface area contributed by atoms with E-state index in [1.54, 1.807) is 25.1 Å². The summed E-state index contributed by atoms with van der Waals surface area (Å²) in [4.78, 5) is 0. The van der Waals surface area contributed by atoms with Gasteiger partial charge in [0, 0.05) is 5.56 Å². The lowest BCUT2D eigenvalue weighted by molar-refractivity contribution is 0.534.